The smallest absolute Gasteiger partial charge is 0.247 e. The number of carbonyl (C=O) groups is 1. The van der Waals surface area contributed by atoms with Gasteiger partial charge in [-0.1, -0.05) is 17.7 Å². The Hall–Kier alpha value is -3.36. The van der Waals surface area contributed by atoms with Crippen molar-refractivity contribution in [2.45, 2.75) is 38.6 Å². The van der Waals surface area contributed by atoms with Gasteiger partial charge in [0, 0.05) is 11.1 Å². The number of hydrogen-bond donors (Lipinski definition) is 3. The first-order valence-corrected chi connectivity index (χ1v) is 9.51. The Balaban J connectivity index is 2.23. The zero-order valence-electron chi connectivity index (χ0n) is 16.4. The van der Waals surface area contributed by atoms with Gasteiger partial charge in [0.2, 0.25) is 11.8 Å². The minimum atomic E-state index is -1.73. The Kier molecular flexibility index (Phi) is 3.81. The van der Waals surface area contributed by atoms with E-state index in [2.05, 4.69) is 9.97 Å². The molecule has 0 fully saturated rings. The van der Waals surface area contributed by atoms with Crippen molar-refractivity contribution >= 4 is 29.4 Å². The highest BCUT2D eigenvalue weighted by Gasteiger charge is 2.63. The minimum Gasteiger partial charge on any atom is -0.493 e. The van der Waals surface area contributed by atoms with Gasteiger partial charge >= 0.3 is 0 Å². The predicted molar refractivity (Wildman–Crippen MR) is 110 cm³/mol. The van der Waals surface area contributed by atoms with Crippen molar-refractivity contribution in [3.63, 3.8) is 0 Å². The summed E-state index contributed by atoms with van der Waals surface area (Å²) >= 11 is 5.12. The lowest BCUT2D eigenvalue weighted by molar-refractivity contribution is -0.123. The molecule has 1 amide bonds. The number of H-pyrrole nitrogens is 2. The van der Waals surface area contributed by atoms with Crippen LogP contribution in [0.4, 0.5) is 5.69 Å². The summed E-state index contributed by atoms with van der Waals surface area (Å²) in [6.07, 6.45) is 2.00. The van der Waals surface area contributed by atoms with E-state index in [0.29, 0.717) is 11.3 Å². The van der Waals surface area contributed by atoms with Gasteiger partial charge in [-0.15, -0.1) is 0 Å². The average molecular weight is 405 g/mol. The van der Waals surface area contributed by atoms with Crippen molar-refractivity contribution in [2.75, 3.05) is 4.90 Å². The molecule has 8 heteroatoms. The molecule has 0 spiro atoms. The number of allylic oxidation sites excluding steroid dienone is 1. The fourth-order valence-electron chi connectivity index (χ4n) is 4.78. The van der Waals surface area contributed by atoms with Crippen molar-refractivity contribution in [2.24, 2.45) is 5.92 Å². The summed E-state index contributed by atoms with van der Waals surface area (Å²) in [5, 5.41) is 30.3. The molecule has 3 N–H and O–H groups in total. The summed E-state index contributed by atoms with van der Waals surface area (Å²) in [4.78, 5) is 21.1. The zero-order chi connectivity index (χ0) is 21.3. The fourth-order valence-corrected chi connectivity index (χ4v) is 4.98. The highest BCUT2D eigenvalue weighted by molar-refractivity contribution is 7.71. The third-order valence-corrected chi connectivity index (χ3v) is 6.01. The van der Waals surface area contributed by atoms with Gasteiger partial charge in [0.25, 0.3) is 0 Å². The number of amides is 1. The van der Waals surface area contributed by atoms with E-state index >= 15 is 0 Å². The molecule has 0 bridgehead atoms. The van der Waals surface area contributed by atoms with Crippen LogP contribution in [0.1, 0.15) is 43.2 Å². The number of aromatic nitrogens is 2. The van der Waals surface area contributed by atoms with Gasteiger partial charge in [0.15, 0.2) is 16.1 Å². The highest BCUT2D eigenvalue weighted by atomic mass is 32.1. The number of nitrogens with one attached hydrogen (secondary N) is 2. The Labute approximate surface area is 172 Å². The van der Waals surface area contributed by atoms with Crippen LogP contribution < -0.4 is 4.90 Å². The summed E-state index contributed by atoms with van der Waals surface area (Å²) < 4.78 is 0.107. The summed E-state index contributed by atoms with van der Waals surface area (Å²) in [5.74, 6) is -2.17. The molecule has 7 nitrogen and oxygen atoms in total. The second kappa shape index (κ2) is 5.82. The van der Waals surface area contributed by atoms with E-state index in [1.807, 2.05) is 58.0 Å². The van der Waals surface area contributed by atoms with Gasteiger partial charge in [0.1, 0.15) is 5.69 Å². The molecule has 1 atom stereocenters. The number of carbonyl (C=O) groups excluding carboxylic acids is 1. The molecule has 1 aromatic carbocycles. The van der Waals surface area contributed by atoms with E-state index in [1.54, 1.807) is 4.90 Å². The summed E-state index contributed by atoms with van der Waals surface area (Å²) in [6.45, 7) is 7.69. The lowest BCUT2D eigenvalue weighted by Crippen LogP contribution is -2.53. The molecule has 0 unspecified atom stereocenters. The molecular weight excluding hydrogens is 386 g/mol. The number of imidazole rings is 1. The van der Waals surface area contributed by atoms with Crippen LogP contribution in [0.5, 0.6) is 5.88 Å². The Morgan fingerprint density at radius 1 is 1.21 bits per heavy atom. The highest BCUT2D eigenvalue weighted by Crippen LogP contribution is 2.57. The second-order valence-corrected chi connectivity index (χ2v) is 8.54. The summed E-state index contributed by atoms with van der Waals surface area (Å²) in [5.41, 5.74) is 1.58. The van der Waals surface area contributed by atoms with Crippen molar-refractivity contribution < 1.29 is 9.90 Å². The van der Waals surface area contributed by atoms with Gasteiger partial charge in [0.05, 0.1) is 23.4 Å². The molecule has 2 aliphatic rings. The molecule has 146 valence electrons. The molecule has 0 saturated carbocycles. The van der Waals surface area contributed by atoms with Crippen molar-refractivity contribution in [3.8, 4) is 18.0 Å². The van der Waals surface area contributed by atoms with Gasteiger partial charge in [-0.25, -0.2) is 0 Å². The average Bonchev–Trinajstić information content (AvgIpc) is 3.09. The van der Waals surface area contributed by atoms with Crippen LogP contribution in [0.3, 0.4) is 0 Å². The number of aromatic hydroxyl groups is 1. The van der Waals surface area contributed by atoms with E-state index in [-0.39, 0.29) is 16.3 Å². The Morgan fingerprint density at radius 3 is 2.41 bits per heavy atom. The second-order valence-electron chi connectivity index (χ2n) is 8.13. The maximum atomic E-state index is 14.1. The molecular formula is C21H19N5O2S. The molecule has 0 aliphatic carbocycles. The van der Waals surface area contributed by atoms with E-state index in [0.717, 1.165) is 16.7 Å². The molecule has 4 rings (SSSR count). The van der Waals surface area contributed by atoms with Gasteiger partial charge in [-0.3, -0.25) is 4.79 Å². The van der Waals surface area contributed by atoms with Crippen LogP contribution in [0, 0.1) is 40.3 Å². The maximum absolute atomic E-state index is 14.1. The van der Waals surface area contributed by atoms with Crippen LogP contribution in [-0.4, -0.2) is 26.5 Å². The third kappa shape index (κ3) is 2.21. The largest absolute Gasteiger partial charge is 0.493 e. The number of hydrogen-bond acceptors (Lipinski definition) is 5. The molecule has 29 heavy (non-hydrogen) atoms. The molecule has 1 aromatic heterocycles. The molecule has 0 radical (unpaired) electrons. The number of rotatable bonds is 2. The first-order chi connectivity index (χ1) is 13.6. The van der Waals surface area contributed by atoms with Gasteiger partial charge < -0.3 is 20.0 Å². The lowest BCUT2D eigenvalue weighted by Gasteiger charge is -2.39. The number of benzene rings is 1. The first kappa shape index (κ1) is 19.0. The SMILES string of the molecule is CC1=CC(C)(C)N2C(=O)[C@@](c3[nH]c(=S)[nH]c3O)(C(C#N)C#N)c3cc(C)cc1c32. The number of aryl methyl sites for hydroxylation is 1. The van der Waals surface area contributed by atoms with Crippen LogP contribution in [-0.2, 0) is 10.2 Å². The van der Waals surface area contributed by atoms with Crippen LogP contribution >= 0.6 is 12.2 Å². The molecule has 0 saturated heterocycles. The van der Waals surface area contributed by atoms with Crippen LogP contribution in [0.25, 0.3) is 5.57 Å². The number of nitriles is 2. The van der Waals surface area contributed by atoms with Crippen LogP contribution in [0.2, 0.25) is 0 Å². The topological polar surface area (TPSA) is 120 Å². The minimum absolute atomic E-state index is 0.0382. The third-order valence-electron chi connectivity index (χ3n) is 5.81. The number of anilines is 1. The monoisotopic (exact) mass is 405 g/mol. The summed E-state index contributed by atoms with van der Waals surface area (Å²) in [7, 11) is 0. The van der Waals surface area contributed by atoms with E-state index in [4.69, 9.17) is 12.2 Å². The maximum Gasteiger partial charge on any atom is 0.247 e. The van der Waals surface area contributed by atoms with Crippen LogP contribution in [0.15, 0.2) is 18.2 Å². The van der Waals surface area contributed by atoms with Crippen molar-refractivity contribution in [3.05, 3.63) is 45.4 Å². The quantitative estimate of drug-likeness (QED) is 0.660. The van der Waals surface area contributed by atoms with E-state index in [9.17, 15) is 20.4 Å². The van der Waals surface area contributed by atoms with Gasteiger partial charge in [-0.05, 0) is 51.6 Å². The number of nitrogens with zero attached hydrogens (tertiary/aromatic N) is 3. The van der Waals surface area contributed by atoms with E-state index < -0.39 is 22.8 Å². The Morgan fingerprint density at radius 2 is 1.86 bits per heavy atom. The van der Waals surface area contributed by atoms with Crippen molar-refractivity contribution in [1.82, 2.24) is 9.97 Å². The summed E-state index contributed by atoms with van der Waals surface area (Å²) in [6, 6.07) is 7.76. The lowest BCUT2D eigenvalue weighted by atomic mass is 9.69. The standard InChI is InChI=1S/C21H19N5O2S/c1-10-5-13-11(2)7-20(3,4)26-15(13)14(6-10)21(18(26)28,12(8-22)9-23)16-17(27)25-19(29)24-16/h5-7,12,27H,1-4H3,(H2,24,25,29)/t21-/m0/s1. The molecule has 2 aromatic rings. The Bertz CT molecular complexity index is 1240. The molecule has 2 aliphatic heterocycles. The molecule has 3 heterocycles. The van der Waals surface area contributed by atoms with E-state index in [1.165, 1.54) is 0 Å². The zero-order valence-corrected chi connectivity index (χ0v) is 17.2. The van der Waals surface area contributed by atoms with Crippen molar-refractivity contribution in [1.29, 1.82) is 10.5 Å². The fraction of sp³-hybridized carbons (Fsp3) is 0.333. The normalized spacial score (nSPS) is 21.6. The predicted octanol–water partition coefficient (Wildman–Crippen LogP) is 3.58. The number of aromatic amines is 2. The van der Waals surface area contributed by atoms with Gasteiger partial charge in [-0.2, -0.15) is 10.5 Å². The first-order valence-electron chi connectivity index (χ1n) is 9.10.